The van der Waals surface area contributed by atoms with Gasteiger partial charge in [0.15, 0.2) is 10.7 Å². The maximum absolute atomic E-state index is 13.6. The van der Waals surface area contributed by atoms with Crippen LogP contribution in [0.25, 0.3) is 11.0 Å². The lowest BCUT2D eigenvalue weighted by atomic mass is 10.2. The van der Waals surface area contributed by atoms with Gasteiger partial charge in [-0.25, -0.2) is 4.98 Å². The summed E-state index contributed by atoms with van der Waals surface area (Å²) in [6.45, 7) is 4.86. The molecule has 0 saturated carbocycles. The Balaban J connectivity index is 1.80. The van der Waals surface area contributed by atoms with Crippen LogP contribution in [0.3, 0.4) is 0 Å². The number of aromatic nitrogens is 4. The lowest BCUT2D eigenvalue weighted by molar-refractivity contribution is 0.414. The van der Waals surface area contributed by atoms with Crippen molar-refractivity contribution in [3.8, 4) is 5.75 Å². The Morgan fingerprint density at radius 3 is 2.65 bits per heavy atom. The summed E-state index contributed by atoms with van der Waals surface area (Å²) in [5.74, 6) is 1.40. The molecule has 0 unspecified atom stereocenters. The van der Waals surface area contributed by atoms with Crippen LogP contribution >= 0.6 is 23.4 Å². The molecule has 2 aromatic carbocycles. The number of rotatable bonds is 7. The Hall–Kier alpha value is -2.77. The van der Waals surface area contributed by atoms with Crippen molar-refractivity contribution in [2.75, 3.05) is 7.11 Å². The molecule has 0 amide bonds. The number of hydrogen-bond acceptors (Lipinski definition) is 5. The predicted molar refractivity (Wildman–Crippen MR) is 125 cm³/mol. The lowest BCUT2D eigenvalue weighted by Gasteiger charge is -2.13. The molecule has 0 aliphatic carbocycles. The molecule has 8 heteroatoms. The molecule has 0 aliphatic heterocycles. The summed E-state index contributed by atoms with van der Waals surface area (Å²) in [7, 11) is 1.63. The Labute approximate surface area is 189 Å². The van der Waals surface area contributed by atoms with Crippen molar-refractivity contribution < 1.29 is 4.74 Å². The van der Waals surface area contributed by atoms with E-state index < -0.39 is 0 Å². The average molecular weight is 455 g/mol. The summed E-state index contributed by atoms with van der Waals surface area (Å²) in [5.41, 5.74) is 3.89. The van der Waals surface area contributed by atoms with Gasteiger partial charge in [0.25, 0.3) is 5.56 Å². The molecule has 2 aromatic heterocycles. The topological polar surface area (TPSA) is 61.9 Å². The summed E-state index contributed by atoms with van der Waals surface area (Å²) in [4.78, 5) is 18.4. The van der Waals surface area contributed by atoms with E-state index in [0.717, 1.165) is 22.6 Å². The fourth-order valence-corrected chi connectivity index (χ4v) is 4.64. The molecule has 0 saturated heterocycles. The lowest BCUT2D eigenvalue weighted by Crippen LogP contribution is -2.25. The minimum absolute atomic E-state index is 0.0936. The zero-order chi connectivity index (χ0) is 22.0. The highest BCUT2D eigenvalue weighted by Crippen LogP contribution is 2.25. The molecule has 160 valence electrons. The van der Waals surface area contributed by atoms with Crippen molar-refractivity contribution in [3.05, 3.63) is 80.7 Å². The van der Waals surface area contributed by atoms with E-state index in [0.29, 0.717) is 40.1 Å². The van der Waals surface area contributed by atoms with Crippen molar-refractivity contribution in [1.29, 1.82) is 0 Å². The molecular weight excluding hydrogens is 432 g/mol. The van der Waals surface area contributed by atoms with Crippen LogP contribution < -0.4 is 10.3 Å². The Bertz CT molecular complexity index is 1300. The predicted octanol–water partition coefficient (Wildman–Crippen LogP) is 4.92. The quantitative estimate of drug-likeness (QED) is 0.293. The summed E-state index contributed by atoms with van der Waals surface area (Å²) in [5, 5.41) is 5.85. The number of fused-ring (bicyclic) bond motifs is 1. The minimum Gasteiger partial charge on any atom is -0.497 e. The molecule has 0 atom stereocenters. The summed E-state index contributed by atoms with van der Waals surface area (Å²) < 4.78 is 8.80. The Kier molecular flexibility index (Phi) is 6.34. The van der Waals surface area contributed by atoms with Gasteiger partial charge in [-0.2, -0.15) is 5.10 Å². The molecule has 0 aliphatic rings. The van der Waals surface area contributed by atoms with Gasteiger partial charge in [-0.3, -0.25) is 14.0 Å². The van der Waals surface area contributed by atoms with Gasteiger partial charge in [0.05, 0.1) is 19.3 Å². The average Bonchev–Trinajstić information content (AvgIpc) is 3.10. The second-order valence-corrected chi connectivity index (χ2v) is 8.53. The van der Waals surface area contributed by atoms with E-state index in [1.807, 2.05) is 62.4 Å². The number of methoxy groups -OCH3 is 1. The van der Waals surface area contributed by atoms with Gasteiger partial charge in [0.1, 0.15) is 11.3 Å². The first kappa shape index (κ1) is 21.5. The van der Waals surface area contributed by atoms with Crippen molar-refractivity contribution in [2.45, 2.75) is 37.8 Å². The molecule has 31 heavy (non-hydrogen) atoms. The summed E-state index contributed by atoms with van der Waals surface area (Å²) in [6, 6.07) is 15.4. The molecule has 0 fully saturated rings. The highest BCUT2D eigenvalue weighted by molar-refractivity contribution is 7.98. The van der Waals surface area contributed by atoms with Gasteiger partial charge in [-0.15, -0.1) is 0 Å². The number of nitrogens with zero attached hydrogens (tertiary/aromatic N) is 4. The number of aryl methyl sites for hydroxylation is 2. The first-order valence-corrected chi connectivity index (χ1v) is 11.3. The standard InChI is InChI=1S/C23H23ClN4O2S/c1-4-28-21-20(15(2)26-28)25-23(31-14-17-8-5-9-18(24)11-17)27(22(21)29)13-16-7-6-10-19(12-16)30-3/h5-12H,4,13-14H2,1-3H3. The zero-order valence-electron chi connectivity index (χ0n) is 17.6. The molecule has 4 rings (SSSR count). The van der Waals surface area contributed by atoms with Gasteiger partial charge in [0.2, 0.25) is 0 Å². The molecular formula is C23H23ClN4O2S. The minimum atomic E-state index is -0.0936. The van der Waals surface area contributed by atoms with Crippen LogP contribution in [0.2, 0.25) is 5.02 Å². The smallest absolute Gasteiger partial charge is 0.280 e. The van der Waals surface area contributed by atoms with Gasteiger partial charge in [-0.1, -0.05) is 47.6 Å². The maximum Gasteiger partial charge on any atom is 0.280 e. The van der Waals surface area contributed by atoms with E-state index in [1.54, 1.807) is 16.4 Å². The fraction of sp³-hybridized carbons (Fsp3) is 0.261. The van der Waals surface area contributed by atoms with Crippen LogP contribution in [-0.2, 0) is 18.8 Å². The first-order chi connectivity index (χ1) is 15.0. The van der Waals surface area contributed by atoms with Crippen LogP contribution in [0.1, 0.15) is 23.7 Å². The van der Waals surface area contributed by atoms with Crippen LogP contribution in [0.4, 0.5) is 0 Å². The van der Waals surface area contributed by atoms with Crippen LogP contribution in [-0.4, -0.2) is 26.4 Å². The SMILES string of the molecule is CCn1nc(C)c2nc(SCc3cccc(Cl)c3)n(Cc3cccc(OC)c3)c(=O)c21. The largest absolute Gasteiger partial charge is 0.497 e. The molecule has 0 radical (unpaired) electrons. The number of ether oxygens (including phenoxy) is 1. The summed E-state index contributed by atoms with van der Waals surface area (Å²) >= 11 is 7.65. The highest BCUT2D eigenvalue weighted by atomic mass is 35.5. The third kappa shape index (κ3) is 4.48. The van der Waals surface area contributed by atoms with Gasteiger partial charge < -0.3 is 4.74 Å². The number of hydrogen-bond donors (Lipinski definition) is 0. The van der Waals surface area contributed by atoms with Crippen molar-refractivity contribution >= 4 is 34.4 Å². The Morgan fingerprint density at radius 1 is 1.13 bits per heavy atom. The molecule has 0 N–H and O–H groups in total. The van der Waals surface area contributed by atoms with Crippen molar-refractivity contribution in [2.24, 2.45) is 0 Å². The molecule has 4 aromatic rings. The monoisotopic (exact) mass is 454 g/mol. The van der Waals surface area contributed by atoms with Crippen LogP contribution in [0, 0.1) is 6.92 Å². The van der Waals surface area contributed by atoms with Gasteiger partial charge in [-0.05, 0) is 49.2 Å². The molecule has 0 spiro atoms. The van der Waals surface area contributed by atoms with E-state index in [4.69, 9.17) is 21.3 Å². The highest BCUT2D eigenvalue weighted by Gasteiger charge is 2.18. The van der Waals surface area contributed by atoms with E-state index in [1.165, 1.54) is 11.8 Å². The number of halogens is 1. The summed E-state index contributed by atoms with van der Waals surface area (Å²) in [6.07, 6.45) is 0. The number of benzene rings is 2. The number of thioether (sulfide) groups is 1. The van der Waals surface area contributed by atoms with E-state index in [9.17, 15) is 4.79 Å². The first-order valence-electron chi connectivity index (χ1n) is 9.98. The Morgan fingerprint density at radius 2 is 1.90 bits per heavy atom. The molecule has 6 nitrogen and oxygen atoms in total. The maximum atomic E-state index is 13.6. The fourth-order valence-electron chi connectivity index (χ4n) is 3.49. The second kappa shape index (κ2) is 9.16. The molecule has 2 heterocycles. The van der Waals surface area contributed by atoms with Crippen LogP contribution in [0.5, 0.6) is 5.75 Å². The van der Waals surface area contributed by atoms with Crippen LogP contribution in [0.15, 0.2) is 58.5 Å². The third-order valence-corrected chi connectivity index (χ3v) is 6.30. The van der Waals surface area contributed by atoms with E-state index in [2.05, 4.69) is 5.10 Å². The van der Waals surface area contributed by atoms with Gasteiger partial charge in [0, 0.05) is 17.3 Å². The van der Waals surface area contributed by atoms with E-state index >= 15 is 0 Å². The van der Waals surface area contributed by atoms with Gasteiger partial charge >= 0.3 is 0 Å². The van der Waals surface area contributed by atoms with E-state index in [-0.39, 0.29) is 5.56 Å². The van der Waals surface area contributed by atoms with Crippen molar-refractivity contribution in [1.82, 2.24) is 19.3 Å². The second-order valence-electron chi connectivity index (χ2n) is 7.15. The zero-order valence-corrected chi connectivity index (χ0v) is 19.2. The third-order valence-electron chi connectivity index (χ3n) is 5.01. The van der Waals surface area contributed by atoms with Crippen molar-refractivity contribution in [3.63, 3.8) is 0 Å². The normalized spacial score (nSPS) is 11.2. The molecule has 0 bridgehead atoms.